The van der Waals surface area contributed by atoms with Gasteiger partial charge in [0.05, 0.1) is 5.69 Å². The lowest BCUT2D eigenvalue weighted by molar-refractivity contribution is 0.144. The van der Waals surface area contributed by atoms with Crippen LogP contribution in [0, 0.1) is 13.8 Å². The zero-order valence-electron chi connectivity index (χ0n) is 15.0. The van der Waals surface area contributed by atoms with Crippen LogP contribution in [0.4, 0.5) is 0 Å². The molecular formula is C20H28N2O2. The van der Waals surface area contributed by atoms with Crippen LogP contribution in [0.2, 0.25) is 0 Å². The molecule has 0 amide bonds. The molecule has 0 bridgehead atoms. The molecule has 0 unspecified atom stereocenters. The molecule has 1 aromatic heterocycles. The molecule has 2 rings (SSSR count). The Kier molecular flexibility index (Phi) is 7.72. The summed E-state index contributed by atoms with van der Waals surface area (Å²) in [6.07, 6.45) is 2.83. The van der Waals surface area contributed by atoms with Gasteiger partial charge < -0.3 is 14.8 Å². The lowest BCUT2D eigenvalue weighted by atomic mass is 10.1. The summed E-state index contributed by atoms with van der Waals surface area (Å²) in [4.78, 5) is 4.30. The summed E-state index contributed by atoms with van der Waals surface area (Å²) in [6.45, 7) is 10.2. The van der Waals surface area contributed by atoms with Gasteiger partial charge in [-0.2, -0.15) is 0 Å². The van der Waals surface area contributed by atoms with Gasteiger partial charge in [-0.05, 0) is 62.6 Å². The summed E-state index contributed by atoms with van der Waals surface area (Å²) in [7, 11) is 0. The Morgan fingerprint density at radius 1 is 1.12 bits per heavy atom. The quantitative estimate of drug-likeness (QED) is 0.674. The van der Waals surface area contributed by atoms with Gasteiger partial charge in [-0.15, -0.1) is 0 Å². The molecule has 4 nitrogen and oxygen atoms in total. The Hall–Kier alpha value is -1.91. The molecule has 0 radical (unpaired) electrons. The number of nitrogens with one attached hydrogen (secondary N) is 1. The maximum atomic E-state index is 5.98. The van der Waals surface area contributed by atoms with Crippen molar-refractivity contribution in [1.82, 2.24) is 10.3 Å². The second-order valence-corrected chi connectivity index (χ2v) is 5.90. The summed E-state index contributed by atoms with van der Waals surface area (Å²) in [5.74, 6) is 0.959. The van der Waals surface area contributed by atoms with Crippen molar-refractivity contribution in [2.45, 2.75) is 40.3 Å². The molecule has 1 N–H and O–H groups in total. The fraction of sp³-hybridized carbons (Fsp3) is 0.450. The molecule has 0 aliphatic rings. The van der Waals surface area contributed by atoms with Gasteiger partial charge in [0.15, 0.2) is 0 Å². The van der Waals surface area contributed by atoms with Crippen molar-refractivity contribution in [2.75, 3.05) is 19.8 Å². The van der Waals surface area contributed by atoms with Crippen LogP contribution in [0.15, 0.2) is 36.5 Å². The van der Waals surface area contributed by atoms with Gasteiger partial charge in [-0.3, -0.25) is 4.98 Å². The summed E-state index contributed by atoms with van der Waals surface area (Å²) in [5.41, 5.74) is 4.55. The van der Waals surface area contributed by atoms with Gasteiger partial charge >= 0.3 is 0 Å². The SMILES string of the molecule is CCOCCCNCc1cc(C)c(OCc2ccccn2)c(C)c1. The van der Waals surface area contributed by atoms with Gasteiger partial charge in [-0.1, -0.05) is 18.2 Å². The van der Waals surface area contributed by atoms with Crippen molar-refractivity contribution in [3.05, 3.63) is 58.9 Å². The number of pyridine rings is 1. The topological polar surface area (TPSA) is 43.4 Å². The highest BCUT2D eigenvalue weighted by Crippen LogP contribution is 2.25. The standard InChI is InChI=1S/C20H28N2O2/c1-4-23-11-7-9-21-14-18-12-16(2)20(17(3)13-18)24-15-19-8-5-6-10-22-19/h5-6,8,10,12-13,21H,4,7,9,11,14-15H2,1-3H3. The van der Waals surface area contributed by atoms with E-state index in [1.54, 1.807) is 6.20 Å². The fourth-order valence-corrected chi connectivity index (χ4v) is 2.68. The number of nitrogens with zero attached hydrogens (tertiary/aromatic N) is 1. The van der Waals surface area contributed by atoms with Gasteiger partial charge in [0.2, 0.25) is 0 Å². The number of aryl methyl sites for hydroxylation is 2. The van der Waals surface area contributed by atoms with Crippen LogP contribution in [-0.2, 0) is 17.9 Å². The number of hydrogen-bond acceptors (Lipinski definition) is 4. The fourth-order valence-electron chi connectivity index (χ4n) is 2.68. The lowest BCUT2D eigenvalue weighted by Crippen LogP contribution is -2.16. The summed E-state index contributed by atoms with van der Waals surface area (Å²) in [5, 5.41) is 3.46. The second-order valence-electron chi connectivity index (χ2n) is 5.90. The number of rotatable bonds is 10. The zero-order valence-corrected chi connectivity index (χ0v) is 15.0. The van der Waals surface area contributed by atoms with Gasteiger partial charge in [-0.25, -0.2) is 0 Å². The van der Waals surface area contributed by atoms with Crippen molar-refractivity contribution in [2.24, 2.45) is 0 Å². The number of benzene rings is 1. The first kappa shape index (κ1) is 18.4. The highest BCUT2D eigenvalue weighted by molar-refractivity contribution is 5.43. The molecule has 1 heterocycles. The molecule has 0 spiro atoms. The normalized spacial score (nSPS) is 10.8. The highest BCUT2D eigenvalue weighted by Gasteiger charge is 2.07. The van der Waals surface area contributed by atoms with E-state index in [-0.39, 0.29) is 0 Å². The van der Waals surface area contributed by atoms with Gasteiger partial charge in [0.1, 0.15) is 12.4 Å². The van der Waals surface area contributed by atoms with Crippen molar-refractivity contribution >= 4 is 0 Å². The first-order chi connectivity index (χ1) is 11.7. The Bertz CT molecular complexity index is 591. The molecule has 1 aromatic carbocycles. The first-order valence-electron chi connectivity index (χ1n) is 8.62. The smallest absolute Gasteiger partial charge is 0.130 e. The van der Waals surface area contributed by atoms with Crippen molar-refractivity contribution in [3.63, 3.8) is 0 Å². The Morgan fingerprint density at radius 2 is 1.92 bits per heavy atom. The third-order valence-corrected chi connectivity index (χ3v) is 3.79. The van der Waals surface area contributed by atoms with Crippen LogP contribution < -0.4 is 10.1 Å². The van der Waals surface area contributed by atoms with E-state index in [4.69, 9.17) is 9.47 Å². The minimum Gasteiger partial charge on any atom is -0.487 e. The molecule has 130 valence electrons. The molecular weight excluding hydrogens is 300 g/mol. The monoisotopic (exact) mass is 328 g/mol. The van der Waals surface area contributed by atoms with Gasteiger partial charge in [0.25, 0.3) is 0 Å². The average Bonchev–Trinajstić information content (AvgIpc) is 2.58. The van der Waals surface area contributed by atoms with Crippen molar-refractivity contribution in [1.29, 1.82) is 0 Å². The average molecular weight is 328 g/mol. The molecule has 0 aliphatic carbocycles. The Morgan fingerprint density at radius 3 is 2.58 bits per heavy atom. The summed E-state index contributed by atoms with van der Waals surface area (Å²) in [6, 6.07) is 10.2. The van der Waals surface area contributed by atoms with E-state index in [1.165, 1.54) is 5.56 Å². The molecule has 24 heavy (non-hydrogen) atoms. The largest absolute Gasteiger partial charge is 0.487 e. The maximum absolute atomic E-state index is 5.98. The molecule has 0 saturated heterocycles. The molecule has 0 atom stereocenters. The van der Waals surface area contributed by atoms with Crippen LogP contribution >= 0.6 is 0 Å². The third-order valence-electron chi connectivity index (χ3n) is 3.79. The van der Waals surface area contributed by atoms with Crippen LogP contribution in [0.3, 0.4) is 0 Å². The number of aromatic nitrogens is 1. The predicted octanol–water partition coefficient (Wildman–Crippen LogP) is 3.79. The Balaban J connectivity index is 1.86. The van der Waals surface area contributed by atoms with Crippen LogP contribution in [-0.4, -0.2) is 24.7 Å². The first-order valence-corrected chi connectivity index (χ1v) is 8.62. The zero-order chi connectivity index (χ0) is 17.2. The van der Waals surface area contributed by atoms with E-state index in [0.29, 0.717) is 6.61 Å². The number of ether oxygens (including phenoxy) is 2. The van der Waals surface area contributed by atoms with E-state index in [2.05, 4.69) is 36.3 Å². The van der Waals surface area contributed by atoms with Crippen molar-refractivity contribution < 1.29 is 9.47 Å². The van der Waals surface area contributed by atoms with Gasteiger partial charge in [0, 0.05) is 26.0 Å². The number of hydrogen-bond donors (Lipinski definition) is 1. The minimum absolute atomic E-state index is 0.498. The molecule has 0 fully saturated rings. The molecule has 0 aliphatic heterocycles. The molecule has 4 heteroatoms. The predicted molar refractivity (Wildman–Crippen MR) is 97.3 cm³/mol. The summed E-state index contributed by atoms with van der Waals surface area (Å²) < 4.78 is 11.3. The van der Waals surface area contributed by atoms with E-state index < -0.39 is 0 Å². The minimum atomic E-state index is 0.498. The van der Waals surface area contributed by atoms with E-state index >= 15 is 0 Å². The lowest BCUT2D eigenvalue weighted by Gasteiger charge is -2.14. The second kappa shape index (κ2) is 10.1. The third kappa shape index (κ3) is 5.95. The molecule has 0 saturated carbocycles. The van der Waals surface area contributed by atoms with E-state index in [9.17, 15) is 0 Å². The Labute approximate surface area is 145 Å². The highest BCUT2D eigenvalue weighted by atomic mass is 16.5. The van der Waals surface area contributed by atoms with Crippen LogP contribution in [0.1, 0.15) is 35.7 Å². The van der Waals surface area contributed by atoms with E-state index in [1.807, 2.05) is 25.1 Å². The molecule has 2 aromatic rings. The maximum Gasteiger partial charge on any atom is 0.130 e. The van der Waals surface area contributed by atoms with Crippen molar-refractivity contribution in [3.8, 4) is 5.75 Å². The van der Waals surface area contributed by atoms with Crippen LogP contribution in [0.5, 0.6) is 5.75 Å². The van der Waals surface area contributed by atoms with Crippen LogP contribution in [0.25, 0.3) is 0 Å². The summed E-state index contributed by atoms with van der Waals surface area (Å²) >= 11 is 0. The van der Waals surface area contributed by atoms with E-state index in [0.717, 1.165) is 55.3 Å².